The summed E-state index contributed by atoms with van der Waals surface area (Å²) in [5.41, 5.74) is 3.02. The molecule has 0 saturated heterocycles. The Kier molecular flexibility index (Phi) is 27.2. The van der Waals surface area contributed by atoms with Crippen LogP contribution < -0.4 is 163 Å². The predicted octanol–water partition coefficient (Wildman–Crippen LogP) is 2.34. The van der Waals surface area contributed by atoms with E-state index in [0.717, 1.165) is 0 Å². The molecule has 2 saturated carbocycles. The zero-order chi connectivity index (χ0) is 61.2. The second-order valence-electron chi connectivity index (χ2n) is 21.1. The summed E-state index contributed by atoms with van der Waals surface area (Å²) in [6.07, 6.45) is 8.00. The van der Waals surface area contributed by atoms with Gasteiger partial charge in [0.2, 0.25) is 11.8 Å². The third kappa shape index (κ3) is 16.7. The van der Waals surface area contributed by atoms with Gasteiger partial charge in [-0.2, -0.15) is 0 Å². The topological polar surface area (TPSA) is 264 Å². The number of anilines is 6. The SMILES string of the molecule is C.C.C.C#Cc1ccc(Nc2c3c(=O)n(C4CC4)c(=O)n(-c4cccc(NC(C)=O)c4)c3c(C)c(=O)n2C)c(F)c1.CC(=O)Nc1cccc(-n2c(=O)n(C3CC3)c(=O)c3c(Nc4ccc(C#C[Si](C)(C)C)cc4F)n(C)c(=O)c(C)c32)c1.O=CO[O-].[H-].[K+].[K+]. The average Bonchev–Trinajstić information content (AvgIpc) is 1.26. The van der Waals surface area contributed by atoms with Gasteiger partial charge in [0.15, 0.2) is 0 Å². The molecule has 4 heterocycles. The number of hydrogen-bond donors (Lipinski definition) is 4. The van der Waals surface area contributed by atoms with Crippen LogP contribution >= 0.6 is 0 Å². The number of amides is 2. The maximum Gasteiger partial charge on any atom is 1.00 e. The number of nitrogens with one attached hydrogen (secondary N) is 4. The van der Waals surface area contributed by atoms with E-state index in [0.29, 0.717) is 59.6 Å². The molecule has 0 bridgehead atoms. The van der Waals surface area contributed by atoms with Crippen LogP contribution in [0.2, 0.25) is 19.6 Å². The van der Waals surface area contributed by atoms with Gasteiger partial charge in [-0.05, 0) is 112 Å². The molecule has 0 unspecified atom stereocenters. The van der Waals surface area contributed by atoms with E-state index in [2.05, 4.69) is 63.2 Å². The Balaban J connectivity index is 0.000000546. The van der Waals surface area contributed by atoms with E-state index >= 15 is 4.39 Å². The molecule has 2 aliphatic rings. The standard InChI is InChI=1S/C31H32FN5O4Si.C28H24FN5O4.CH2O3.3CH4.2K.H/c1-18-27-26(28(35(3)29(18)39)34-25-13-10-20(16-24(25)32)14-15-42(4,5)6)30(40)37(22-11-12-22)31(41)36(27)23-9-7-8-21(17-23)33-19(2)38;1-5-17-9-12-22(21(29)13-17)31-25-23-24(15(2)26(36)32(25)4)33(28(38)34(27(23)37)19-10-11-19)20-8-6-7-18(14-20)30-16(3)35;2-1-4-3;;;;;;/h7-10,13,16-17,22,34H,11-12H2,1-6H3,(H,33,38);1,6-9,12-14,19,31H,10-11H2,2-4H3,(H,30,35);1,3H;3*1H4;;;/q;;;;;;2*+1;-1/p-1. The second-order valence-corrected chi connectivity index (χ2v) is 25.9. The molecular formula is C63H70F2K2N10O11Si. The minimum absolute atomic E-state index is 0. The summed E-state index contributed by atoms with van der Waals surface area (Å²) in [4.78, 5) is 117. The molecule has 26 heteroatoms. The molecule has 2 aliphatic carbocycles. The van der Waals surface area contributed by atoms with Crippen molar-refractivity contribution < 1.29 is 138 Å². The Morgan fingerprint density at radius 2 is 1.01 bits per heavy atom. The largest absolute Gasteiger partial charge is 1.00 e. The first-order valence-corrected chi connectivity index (χ1v) is 29.7. The van der Waals surface area contributed by atoms with E-state index in [1.54, 1.807) is 61.5 Å². The Labute approximate surface area is 599 Å². The zero-order valence-electron chi connectivity index (χ0n) is 50.2. The molecule has 2 amide bonds. The molecule has 4 aromatic heterocycles. The van der Waals surface area contributed by atoms with Crippen LogP contribution in [0.5, 0.6) is 0 Å². The average molecular weight is 1290 g/mol. The quantitative estimate of drug-likeness (QED) is 0.0477. The summed E-state index contributed by atoms with van der Waals surface area (Å²) in [5.74, 6) is 3.64. The number of carbonyl (C=O) groups is 3. The maximum atomic E-state index is 15.4. The Morgan fingerprint density at radius 1 is 0.640 bits per heavy atom. The minimum atomic E-state index is -1.67. The molecule has 0 spiro atoms. The van der Waals surface area contributed by atoms with Crippen molar-refractivity contribution in [2.75, 3.05) is 21.3 Å². The Hall–Kier alpha value is -6.90. The number of rotatable bonds is 11. The van der Waals surface area contributed by atoms with Crippen molar-refractivity contribution in [3.05, 3.63) is 181 Å². The van der Waals surface area contributed by atoms with E-state index in [4.69, 9.17) is 16.5 Å². The van der Waals surface area contributed by atoms with Crippen molar-refractivity contribution in [3.8, 4) is 35.2 Å². The normalized spacial score (nSPS) is 11.9. The molecule has 0 radical (unpaired) electrons. The summed E-state index contributed by atoms with van der Waals surface area (Å²) < 4.78 is 37.8. The monoisotopic (exact) mass is 1290 g/mol. The van der Waals surface area contributed by atoms with Gasteiger partial charge in [-0.3, -0.25) is 61.0 Å². The van der Waals surface area contributed by atoms with Crippen LogP contribution in [0, 0.1) is 49.3 Å². The Morgan fingerprint density at radius 3 is 1.34 bits per heavy atom. The number of pyridine rings is 2. The van der Waals surface area contributed by atoms with Gasteiger partial charge in [-0.15, -0.1) is 12.0 Å². The molecule has 2 fully saturated rings. The fraction of sp³-hybridized carbons (Fsp3) is 0.286. The second kappa shape index (κ2) is 31.7. The molecule has 10 rings (SSSR count). The summed E-state index contributed by atoms with van der Waals surface area (Å²) >= 11 is 0. The molecular weight excluding hydrogens is 1220 g/mol. The molecule has 458 valence electrons. The van der Waals surface area contributed by atoms with Crippen molar-refractivity contribution in [3.63, 3.8) is 0 Å². The summed E-state index contributed by atoms with van der Waals surface area (Å²) in [5, 5.41) is 19.8. The third-order valence-corrected chi connectivity index (χ3v) is 14.5. The van der Waals surface area contributed by atoms with E-state index in [-0.39, 0.29) is 213 Å². The molecule has 0 aliphatic heterocycles. The minimum Gasteiger partial charge on any atom is -1.00 e. The summed E-state index contributed by atoms with van der Waals surface area (Å²) in [6, 6.07) is 21.2. The molecule has 21 nitrogen and oxygen atoms in total. The molecule has 0 atom stereocenters. The smallest absolute Gasteiger partial charge is 1.00 e. The molecule has 89 heavy (non-hydrogen) atoms. The number of hydrogen-bond acceptors (Lipinski definition) is 13. The van der Waals surface area contributed by atoms with Crippen molar-refractivity contribution >= 4 is 82.6 Å². The number of fused-ring (bicyclic) bond motifs is 2. The van der Waals surface area contributed by atoms with Gasteiger partial charge >= 0.3 is 114 Å². The first-order chi connectivity index (χ1) is 39.8. The van der Waals surface area contributed by atoms with Crippen molar-refractivity contribution in [1.29, 1.82) is 0 Å². The molecule has 4 N–H and O–H groups in total. The summed E-state index contributed by atoms with van der Waals surface area (Å²) in [6.45, 7) is 11.9. The van der Waals surface area contributed by atoms with Crippen LogP contribution in [0.1, 0.15) is 97.6 Å². The van der Waals surface area contributed by atoms with Gasteiger partial charge in [-0.25, -0.2) is 18.4 Å². The number of nitrogens with zero attached hydrogens (tertiary/aromatic N) is 6. The zero-order valence-corrected chi connectivity index (χ0v) is 56.4. The van der Waals surface area contributed by atoms with Crippen LogP contribution in [0.4, 0.5) is 43.2 Å². The maximum absolute atomic E-state index is 15.4. The number of aryl methyl sites for hydroxylation is 2. The van der Waals surface area contributed by atoms with Gasteiger partial charge < -0.3 is 32.8 Å². The molecule has 4 aromatic carbocycles. The van der Waals surface area contributed by atoms with E-state index in [1.807, 2.05) is 0 Å². The van der Waals surface area contributed by atoms with Crippen molar-refractivity contribution in [2.24, 2.45) is 14.1 Å². The number of aromatic nitrogens is 6. The van der Waals surface area contributed by atoms with E-state index < -0.39 is 53.3 Å². The van der Waals surface area contributed by atoms with Gasteiger partial charge in [0.1, 0.15) is 42.1 Å². The predicted molar refractivity (Wildman–Crippen MR) is 339 cm³/mol. The van der Waals surface area contributed by atoms with Crippen LogP contribution in [-0.2, 0) is 33.4 Å². The van der Waals surface area contributed by atoms with Gasteiger partial charge in [0, 0.05) is 73.7 Å². The van der Waals surface area contributed by atoms with Gasteiger partial charge in [-0.1, -0.05) is 65.9 Å². The number of halogens is 2. The van der Waals surface area contributed by atoms with E-state index in [9.17, 15) is 42.7 Å². The molecule has 8 aromatic rings. The van der Waals surface area contributed by atoms with Crippen LogP contribution in [0.3, 0.4) is 0 Å². The van der Waals surface area contributed by atoms with E-state index in [1.165, 1.54) is 92.6 Å². The number of carbonyl (C=O) groups excluding carboxylic acids is 3. The van der Waals surface area contributed by atoms with Crippen LogP contribution in [0.25, 0.3) is 33.2 Å². The fourth-order valence-electron chi connectivity index (χ4n) is 9.48. The number of terminal acetylenes is 1. The summed E-state index contributed by atoms with van der Waals surface area (Å²) in [7, 11) is 1.30. The number of benzene rings is 4. The fourth-order valence-corrected chi connectivity index (χ4v) is 10.00. The van der Waals surface area contributed by atoms with Crippen LogP contribution in [-0.4, -0.2) is 53.8 Å². The first-order valence-electron chi connectivity index (χ1n) is 26.2. The van der Waals surface area contributed by atoms with Crippen molar-refractivity contribution in [2.45, 2.75) is 107 Å². The van der Waals surface area contributed by atoms with Gasteiger partial charge in [0.05, 0.1) is 33.8 Å². The van der Waals surface area contributed by atoms with Gasteiger partial charge in [0.25, 0.3) is 28.7 Å². The van der Waals surface area contributed by atoms with Crippen molar-refractivity contribution in [1.82, 2.24) is 27.4 Å². The first kappa shape index (κ1) is 76.3. The third-order valence-electron chi connectivity index (χ3n) is 13.6. The van der Waals surface area contributed by atoms with Crippen LogP contribution in [0.15, 0.2) is 114 Å². The Bertz CT molecular complexity index is 4570.